The Morgan fingerprint density at radius 2 is 2.11 bits per heavy atom. The Hall–Kier alpha value is -2.20. The van der Waals surface area contributed by atoms with Gasteiger partial charge in [0.15, 0.2) is 0 Å². The van der Waals surface area contributed by atoms with E-state index < -0.39 is 0 Å². The van der Waals surface area contributed by atoms with Gasteiger partial charge in [-0.3, -0.25) is 4.98 Å². The Morgan fingerprint density at radius 1 is 1.17 bits per heavy atom. The summed E-state index contributed by atoms with van der Waals surface area (Å²) in [4.78, 5) is 17.0. The van der Waals surface area contributed by atoms with Crippen LogP contribution < -0.4 is 5.63 Å². The molecule has 0 saturated carbocycles. The van der Waals surface area contributed by atoms with Gasteiger partial charge in [-0.05, 0) is 29.6 Å². The van der Waals surface area contributed by atoms with Crippen LogP contribution >= 0.6 is 11.3 Å². The van der Waals surface area contributed by atoms with E-state index in [1.807, 2.05) is 35.7 Å². The lowest BCUT2D eigenvalue weighted by Crippen LogP contribution is -2.03. The number of thiophene rings is 1. The van der Waals surface area contributed by atoms with Crippen molar-refractivity contribution in [3.05, 3.63) is 64.7 Å². The molecule has 0 fully saturated rings. The zero-order valence-electron chi connectivity index (χ0n) is 9.37. The molecule has 3 heterocycles. The molecule has 88 valence electrons. The first-order valence-electron chi connectivity index (χ1n) is 5.43. The maximum absolute atomic E-state index is 11.7. The molecular formula is C14H9NO2S. The Labute approximate surface area is 107 Å². The van der Waals surface area contributed by atoms with Crippen molar-refractivity contribution >= 4 is 11.3 Å². The van der Waals surface area contributed by atoms with E-state index in [0.29, 0.717) is 11.3 Å². The van der Waals surface area contributed by atoms with Crippen molar-refractivity contribution in [2.75, 3.05) is 0 Å². The lowest BCUT2D eigenvalue weighted by atomic mass is 10.1. The third-order valence-electron chi connectivity index (χ3n) is 2.56. The van der Waals surface area contributed by atoms with Gasteiger partial charge in [0, 0.05) is 16.6 Å². The molecule has 0 aliphatic heterocycles. The lowest BCUT2D eigenvalue weighted by molar-refractivity contribution is 0.515. The highest BCUT2D eigenvalue weighted by Gasteiger charge is 2.09. The highest BCUT2D eigenvalue weighted by atomic mass is 32.1. The molecule has 3 aromatic rings. The molecule has 18 heavy (non-hydrogen) atoms. The number of nitrogens with zero attached hydrogens (tertiary/aromatic N) is 1. The second-order valence-corrected chi connectivity index (χ2v) is 4.68. The number of hydrogen-bond donors (Lipinski definition) is 0. The molecule has 0 N–H and O–H groups in total. The third-order valence-corrected chi connectivity index (χ3v) is 3.48. The number of aromatic nitrogens is 1. The summed E-state index contributed by atoms with van der Waals surface area (Å²) in [5.74, 6) is 0. The molecule has 0 bridgehead atoms. The minimum atomic E-state index is -0.367. The molecular weight excluding hydrogens is 246 g/mol. The molecule has 3 rings (SSSR count). The molecule has 0 unspecified atom stereocenters. The maximum Gasteiger partial charge on any atom is 0.345 e. The Morgan fingerprint density at radius 3 is 2.83 bits per heavy atom. The molecule has 4 heteroatoms. The predicted octanol–water partition coefficient (Wildman–Crippen LogP) is 3.43. The van der Waals surface area contributed by atoms with Crippen LogP contribution in [-0.4, -0.2) is 4.98 Å². The van der Waals surface area contributed by atoms with E-state index in [9.17, 15) is 4.79 Å². The second kappa shape index (κ2) is 4.58. The van der Waals surface area contributed by atoms with E-state index in [1.54, 1.807) is 23.6 Å². The van der Waals surface area contributed by atoms with Crippen molar-refractivity contribution in [2.24, 2.45) is 0 Å². The Balaban J connectivity index is 2.16. The summed E-state index contributed by atoms with van der Waals surface area (Å²) in [6.07, 6.45) is 3.15. The van der Waals surface area contributed by atoms with Gasteiger partial charge in [-0.1, -0.05) is 12.1 Å². The molecule has 0 aliphatic rings. The average Bonchev–Trinajstić information content (AvgIpc) is 2.94. The van der Waals surface area contributed by atoms with Gasteiger partial charge < -0.3 is 4.42 Å². The molecule has 0 amide bonds. The number of rotatable bonds is 2. The molecule has 0 radical (unpaired) electrons. The molecule has 0 saturated heterocycles. The first-order chi connectivity index (χ1) is 8.84. The molecule has 0 aromatic carbocycles. The van der Waals surface area contributed by atoms with E-state index in [1.165, 1.54) is 6.26 Å². The minimum absolute atomic E-state index is 0.367. The Bertz CT molecular complexity index is 702. The van der Waals surface area contributed by atoms with Crippen LogP contribution in [0.5, 0.6) is 0 Å². The first kappa shape index (κ1) is 10.9. The van der Waals surface area contributed by atoms with Gasteiger partial charge in [0.05, 0.1) is 11.3 Å². The first-order valence-corrected chi connectivity index (χ1v) is 6.31. The summed E-state index contributed by atoms with van der Waals surface area (Å²) in [5.41, 5.74) is 1.64. The topological polar surface area (TPSA) is 43.1 Å². The smallest absolute Gasteiger partial charge is 0.345 e. The Kier molecular flexibility index (Phi) is 2.78. The highest BCUT2D eigenvalue weighted by molar-refractivity contribution is 7.13. The predicted molar refractivity (Wildman–Crippen MR) is 71.5 cm³/mol. The van der Waals surface area contributed by atoms with Crippen molar-refractivity contribution < 1.29 is 4.42 Å². The average molecular weight is 255 g/mol. The van der Waals surface area contributed by atoms with Crippen LogP contribution in [0.4, 0.5) is 0 Å². The number of hydrogen-bond acceptors (Lipinski definition) is 4. The van der Waals surface area contributed by atoms with Gasteiger partial charge in [0.2, 0.25) is 0 Å². The van der Waals surface area contributed by atoms with Gasteiger partial charge in [0.25, 0.3) is 0 Å². The summed E-state index contributed by atoms with van der Waals surface area (Å²) >= 11 is 1.60. The summed E-state index contributed by atoms with van der Waals surface area (Å²) in [7, 11) is 0. The van der Waals surface area contributed by atoms with E-state index in [0.717, 1.165) is 10.4 Å². The fraction of sp³-hybridized carbons (Fsp3) is 0. The van der Waals surface area contributed by atoms with E-state index in [4.69, 9.17) is 4.42 Å². The van der Waals surface area contributed by atoms with E-state index in [2.05, 4.69) is 4.98 Å². The van der Waals surface area contributed by atoms with Crippen LogP contribution in [0.3, 0.4) is 0 Å². The van der Waals surface area contributed by atoms with Crippen LogP contribution in [0.15, 0.2) is 63.4 Å². The van der Waals surface area contributed by atoms with Crippen molar-refractivity contribution in [3.63, 3.8) is 0 Å². The van der Waals surface area contributed by atoms with Crippen LogP contribution in [0, 0.1) is 0 Å². The molecule has 0 atom stereocenters. The van der Waals surface area contributed by atoms with Crippen LogP contribution in [-0.2, 0) is 0 Å². The number of pyridine rings is 1. The monoisotopic (exact) mass is 255 g/mol. The largest absolute Gasteiger partial charge is 0.430 e. The van der Waals surface area contributed by atoms with Crippen LogP contribution in [0.2, 0.25) is 0 Å². The molecule has 3 aromatic heterocycles. The fourth-order valence-corrected chi connectivity index (χ4v) is 2.41. The van der Waals surface area contributed by atoms with Gasteiger partial charge in [-0.2, -0.15) is 0 Å². The van der Waals surface area contributed by atoms with Gasteiger partial charge >= 0.3 is 5.63 Å². The quantitative estimate of drug-likeness (QED) is 0.704. The second-order valence-electron chi connectivity index (χ2n) is 3.73. The van der Waals surface area contributed by atoms with Crippen molar-refractivity contribution in [1.29, 1.82) is 0 Å². The summed E-state index contributed by atoms with van der Waals surface area (Å²) in [5, 5.41) is 1.99. The summed E-state index contributed by atoms with van der Waals surface area (Å²) in [6, 6.07) is 11.2. The zero-order valence-corrected chi connectivity index (χ0v) is 10.2. The normalized spacial score (nSPS) is 10.4. The van der Waals surface area contributed by atoms with Crippen molar-refractivity contribution in [3.8, 4) is 21.7 Å². The van der Waals surface area contributed by atoms with E-state index in [-0.39, 0.29) is 5.63 Å². The van der Waals surface area contributed by atoms with Crippen molar-refractivity contribution in [2.45, 2.75) is 0 Å². The molecule has 0 spiro atoms. The van der Waals surface area contributed by atoms with Gasteiger partial charge in [-0.25, -0.2) is 4.79 Å². The van der Waals surface area contributed by atoms with Gasteiger partial charge in [-0.15, -0.1) is 11.3 Å². The molecule has 0 aliphatic carbocycles. The van der Waals surface area contributed by atoms with Crippen LogP contribution in [0.1, 0.15) is 0 Å². The fourth-order valence-electron chi connectivity index (χ4n) is 1.70. The van der Waals surface area contributed by atoms with Gasteiger partial charge in [0.1, 0.15) is 6.26 Å². The van der Waals surface area contributed by atoms with Crippen molar-refractivity contribution in [1.82, 2.24) is 4.98 Å². The maximum atomic E-state index is 11.7. The van der Waals surface area contributed by atoms with Crippen LogP contribution in [0.25, 0.3) is 21.7 Å². The minimum Gasteiger partial charge on any atom is -0.430 e. The third kappa shape index (κ3) is 1.98. The zero-order chi connectivity index (χ0) is 12.4. The SMILES string of the molecule is O=c1occ(-c2cccs2)cc1-c1ccccn1. The van der Waals surface area contributed by atoms with E-state index >= 15 is 0 Å². The standard InChI is InChI=1S/C14H9NO2S/c16-14-11(12-4-1-2-6-15-12)8-10(9-17-14)13-5-3-7-18-13/h1-9H. The highest BCUT2D eigenvalue weighted by Crippen LogP contribution is 2.26. The summed E-state index contributed by atoms with van der Waals surface area (Å²) in [6.45, 7) is 0. The molecule has 3 nitrogen and oxygen atoms in total. The lowest BCUT2D eigenvalue weighted by Gasteiger charge is -2.01. The summed E-state index contributed by atoms with van der Waals surface area (Å²) < 4.78 is 5.08.